The van der Waals surface area contributed by atoms with Crippen LogP contribution >= 0.6 is 0 Å². The van der Waals surface area contributed by atoms with Gasteiger partial charge in [0.2, 0.25) is 0 Å². The fraction of sp³-hybridized carbons (Fsp3) is 0.625. The molecule has 1 aromatic carbocycles. The molecular formula is C16H26N2. The third kappa shape index (κ3) is 3.49. The fourth-order valence-electron chi connectivity index (χ4n) is 3.26. The summed E-state index contributed by atoms with van der Waals surface area (Å²) in [6.07, 6.45) is 2.48. The average molecular weight is 246 g/mol. The first-order valence-corrected chi connectivity index (χ1v) is 7.13. The molecule has 3 atom stereocenters. The molecule has 1 saturated heterocycles. The number of hydrogen-bond donors (Lipinski definition) is 1. The van der Waals surface area contributed by atoms with Crippen LogP contribution in [0.25, 0.3) is 0 Å². The Hall–Kier alpha value is -1.02. The highest BCUT2D eigenvalue weighted by Gasteiger charge is 2.25. The minimum Gasteiger partial charge on any atom is -0.399 e. The number of nitrogens with two attached hydrogens (primary N) is 1. The molecule has 100 valence electrons. The Labute approximate surface area is 111 Å². The summed E-state index contributed by atoms with van der Waals surface area (Å²) >= 11 is 0. The fourth-order valence-corrected chi connectivity index (χ4v) is 3.26. The van der Waals surface area contributed by atoms with Crippen LogP contribution in [-0.4, -0.2) is 24.0 Å². The lowest BCUT2D eigenvalue weighted by Gasteiger charge is -2.39. The first-order chi connectivity index (χ1) is 8.54. The molecule has 0 amide bonds. The van der Waals surface area contributed by atoms with Gasteiger partial charge in [0.05, 0.1) is 0 Å². The molecule has 0 bridgehead atoms. The minimum absolute atomic E-state index is 0.608. The minimum atomic E-state index is 0.608. The third-order valence-corrected chi connectivity index (χ3v) is 4.00. The molecule has 2 rings (SSSR count). The predicted molar refractivity (Wildman–Crippen MR) is 78.5 cm³/mol. The Balaban J connectivity index is 1.97. The Kier molecular flexibility index (Phi) is 4.28. The molecule has 0 aliphatic carbocycles. The summed E-state index contributed by atoms with van der Waals surface area (Å²) in [5.74, 6) is 1.66. The lowest BCUT2D eigenvalue weighted by molar-refractivity contribution is 0.103. The first-order valence-electron chi connectivity index (χ1n) is 7.13. The molecule has 3 unspecified atom stereocenters. The van der Waals surface area contributed by atoms with Gasteiger partial charge in [0, 0.05) is 24.8 Å². The summed E-state index contributed by atoms with van der Waals surface area (Å²) in [6, 6.07) is 8.91. The van der Waals surface area contributed by atoms with E-state index >= 15 is 0 Å². The molecule has 1 heterocycles. The summed E-state index contributed by atoms with van der Waals surface area (Å²) in [4.78, 5) is 2.64. The number of anilines is 1. The van der Waals surface area contributed by atoms with Crippen molar-refractivity contribution < 1.29 is 0 Å². The van der Waals surface area contributed by atoms with Crippen molar-refractivity contribution in [2.75, 3.05) is 18.8 Å². The second-order valence-electron chi connectivity index (χ2n) is 6.20. The summed E-state index contributed by atoms with van der Waals surface area (Å²) in [7, 11) is 0. The van der Waals surface area contributed by atoms with Gasteiger partial charge in [0.25, 0.3) is 0 Å². The summed E-state index contributed by atoms with van der Waals surface area (Å²) < 4.78 is 0. The van der Waals surface area contributed by atoms with Gasteiger partial charge in [-0.2, -0.15) is 0 Å². The second kappa shape index (κ2) is 5.75. The maximum Gasteiger partial charge on any atom is 0.0316 e. The van der Waals surface area contributed by atoms with E-state index in [1.165, 1.54) is 25.1 Å². The van der Waals surface area contributed by atoms with Crippen molar-refractivity contribution in [2.24, 2.45) is 11.8 Å². The monoisotopic (exact) mass is 246 g/mol. The molecule has 0 radical (unpaired) electrons. The maximum absolute atomic E-state index is 5.84. The zero-order valence-electron chi connectivity index (χ0n) is 11.9. The van der Waals surface area contributed by atoms with E-state index in [0.29, 0.717) is 6.04 Å². The number of rotatable bonds is 3. The van der Waals surface area contributed by atoms with Gasteiger partial charge < -0.3 is 5.73 Å². The SMILES string of the molecule is CC1CC(C)CN(C(C)Cc2cccc(N)c2)C1. The number of piperidine rings is 1. The molecule has 2 N–H and O–H groups in total. The van der Waals surface area contributed by atoms with Gasteiger partial charge in [-0.05, 0) is 49.3 Å². The topological polar surface area (TPSA) is 29.3 Å². The molecule has 1 aliphatic heterocycles. The molecule has 18 heavy (non-hydrogen) atoms. The Morgan fingerprint density at radius 1 is 1.28 bits per heavy atom. The number of benzene rings is 1. The predicted octanol–water partition coefficient (Wildman–Crippen LogP) is 3.18. The standard InChI is InChI=1S/C16H26N2/c1-12-7-13(2)11-18(10-12)14(3)8-15-5-4-6-16(17)9-15/h4-6,9,12-14H,7-8,10-11,17H2,1-3H3. The van der Waals surface area contributed by atoms with Gasteiger partial charge in [0.15, 0.2) is 0 Å². The van der Waals surface area contributed by atoms with Gasteiger partial charge in [-0.1, -0.05) is 26.0 Å². The van der Waals surface area contributed by atoms with Crippen LogP contribution in [0.2, 0.25) is 0 Å². The molecule has 0 saturated carbocycles. The number of nitrogen functional groups attached to an aromatic ring is 1. The Morgan fingerprint density at radius 2 is 1.94 bits per heavy atom. The van der Waals surface area contributed by atoms with E-state index < -0.39 is 0 Å². The van der Waals surface area contributed by atoms with Crippen molar-refractivity contribution in [3.05, 3.63) is 29.8 Å². The zero-order valence-corrected chi connectivity index (χ0v) is 11.9. The molecule has 1 aromatic rings. The van der Waals surface area contributed by atoms with E-state index in [1.807, 2.05) is 6.07 Å². The maximum atomic E-state index is 5.84. The first kappa shape index (κ1) is 13.4. The molecule has 2 nitrogen and oxygen atoms in total. The van der Waals surface area contributed by atoms with Crippen LogP contribution in [0, 0.1) is 11.8 Å². The quantitative estimate of drug-likeness (QED) is 0.830. The van der Waals surface area contributed by atoms with E-state index in [4.69, 9.17) is 5.73 Å². The number of likely N-dealkylation sites (tertiary alicyclic amines) is 1. The van der Waals surface area contributed by atoms with E-state index in [1.54, 1.807) is 0 Å². The number of nitrogens with zero attached hydrogens (tertiary/aromatic N) is 1. The lowest BCUT2D eigenvalue weighted by atomic mass is 9.90. The Bertz CT molecular complexity index is 378. The Morgan fingerprint density at radius 3 is 2.56 bits per heavy atom. The molecule has 1 fully saturated rings. The third-order valence-electron chi connectivity index (χ3n) is 4.00. The second-order valence-corrected chi connectivity index (χ2v) is 6.20. The van der Waals surface area contributed by atoms with Crippen LogP contribution in [0.3, 0.4) is 0 Å². The van der Waals surface area contributed by atoms with Crippen molar-refractivity contribution in [1.82, 2.24) is 4.90 Å². The van der Waals surface area contributed by atoms with Gasteiger partial charge in [-0.15, -0.1) is 0 Å². The molecule has 2 heteroatoms. The normalized spacial score (nSPS) is 27.1. The van der Waals surface area contributed by atoms with Gasteiger partial charge in [-0.25, -0.2) is 0 Å². The van der Waals surface area contributed by atoms with Crippen molar-refractivity contribution in [3.8, 4) is 0 Å². The van der Waals surface area contributed by atoms with E-state index in [0.717, 1.165) is 23.9 Å². The van der Waals surface area contributed by atoms with Crippen LogP contribution < -0.4 is 5.73 Å². The molecule has 0 aromatic heterocycles. The largest absolute Gasteiger partial charge is 0.399 e. The van der Waals surface area contributed by atoms with E-state index in [-0.39, 0.29) is 0 Å². The van der Waals surface area contributed by atoms with Crippen LogP contribution in [0.1, 0.15) is 32.8 Å². The van der Waals surface area contributed by atoms with Crippen molar-refractivity contribution >= 4 is 5.69 Å². The number of hydrogen-bond acceptors (Lipinski definition) is 2. The molecule has 1 aliphatic rings. The lowest BCUT2D eigenvalue weighted by Crippen LogP contribution is -2.44. The van der Waals surface area contributed by atoms with Gasteiger partial charge in [-0.3, -0.25) is 4.90 Å². The van der Waals surface area contributed by atoms with Crippen molar-refractivity contribution in [1.29, 1.82) is 0 Å². The molecular weight excluding hydrogens is 220 g/mol. The smallest absolute Gasteiger partial charge is 0.0316 e. The summed E-state index contributed by atoms with van der Waals surface area (Å²) in [5.41, 5.74) is 8.07. The van der Waals surface area contributed by atoms with Crippen LogP contribution in [0.4, 0.5) is 5.69 Å². The van der Waals surface area contributed by atoms with Gasteiger partial charge in [0.1, 0.15) is 0 Å². The average Bonchev–Trinajstić information content (AvgIpc) is 2.27. The van der Waals surface area contributed by atoms with Crippen molar-refractivity contribution in [3.63, 3.8) is 0 Å². The highest BCUT2D eigenvalue weighted by Crippen LogP contribution is 2.24. The summed E-state index contributed by atoms with van der Waals surface area (Å²) in [6.45, 7) is 9.57. The highest BCUT2D eigenvalue weighted by atomic mass is 15.2. The molecule has 0 spiro atoms. The van der Waals surface area contributed by atoms with Crippen molar-refractivity contribution in [2.45, 2.75) is 39.7 Å². The zero-order chi connectivity index (χ0) is 13.1. The van der Waals surface area contributed by atoms with E-state index in [9.17, 15) is 0 Å². The van der Waals surface area contributed by atoms with Gasteiger partial charge >= 0.3 is 0 Å². The van der Waals surface area contributed by atoms with E-state index in [2.05, 4.69) is 43.9 Å². The summed E-state index contributed by atoms with van der Waals surface area (Å²) in [5, 5.41) is 0. The highest BCUT2D eigenvalue weighted by molar-refractivity contribution is 5.40. The van der Waals surface area contributed by atoms with Crippen LogP contribution in [0.15, 0.2) is 24.3 Å². The van der Waals surface area contributed by atoms with Crippen LogP contribution in [0.5, 0.6) is 0 Å². The van der Waals surface area contributed by atoms with Crippen LogP contribution in [-0.2, 0) is 6.42 Å².